The first kappa shape index (κ1) is 20.6. The van der Waals surface area contributed by atoms with Gasteiger partial charge in [0.2, 0.25) is 5.91 Å². The lowest BCUT2D eigenvalue weighted by atomic mass is 10.0. The van der Waals surface area contributed by atoms with Gasteiger partial charge in [0.15, 0.2) is 10.2 Å². The molecular weight excluding hydrogens is 426 g/mol. The third kappa shape index (κ3) is 3.59. The fourth-order valence-corrected chi connectivity index (χ4v) is 6.40. The van der Waals surface area contributed by atoms with Gasteiger partial charge >= 0.3 is 12.1 Å². The van der Waals surface area contributed by atoms with Crippen molar-refractivity contribution in [1.29, 1.82) is 0 Å². The Balaban J connectivity index is 1.82. The molecule has 1 aromatic rings. The second-order valence-corrected chi connectivity index (χ2v) is 9.44. The Labute approximate surface area is 172 Å². The van der Waals surface area contributed by atoms with Gasteiger partial charge in [0, 0.05) is 16.2 Å². The lowest BCUT2D eigenvalue weighted by molar-refractivity contribution is -0.152. The van der Waals surface area contributed by atoms with Crippen molar-refractivity contribution in [3.8, 4) is 0 Å². The molecule has 3 amide bonds. The van der Waals surface area contributed by atoms with Crippen LogP contribution >= 0.6 is 34.9 Å². The van der Waals surface area contributed by atoms with Gasteiger partial charge in [-0.15, -0.1) is 34.9 Å². The van der Waals surface area contributed by atoms with Crippen LogP contribution in [0.1, 0.15) is 4.88 Å². The van der Waals surface area contributed by atoms with E-state index in [0.717, 1.165) is 9.78 Å². The van der Waals surface area contributed by atoms with Crippen LogP contribution in [-0.2, 0) is 25.5 Å². The van der Waals surface area contributed by atoms with Gasteiger partial charge in [-0.2, -0.15) is 0 Å². The van der Waals surface area contributed by atoms with Gasteiger partial charge in [-0.25, -0.2) is 9.59 Å². The number of aliphatic carboxylic acids is 1. The quantitative estimate of drug-likeness (QED) is 0.526. The number of thiophene rings is 1. The van der Waals surface area contributed by atoms with Crippen LogP contribution in [0.3, 0.4) is 0 Å². The fourth-order valence-electron chi connectivity index (χ4n) is 3.05. The number of carbonyl (C=O) groups is 4. The zero-order chi connectivity index (χ0) is 20.5. The van der Waals surface area contributed by atoms with E-state index in [2.05, 4.69) is 5.32 Å². The molecule has 0 radical (unpaired) electrons. The van der Waals surface area contributed by atoms with Crippen LogP contribution < -0.4 is 11.1 Å². The summed E-state index contributed by atoms with van der Waals surface area (Å²) in [6.45, 7) is -0.312. The molecule has 0 saturated carbocycles. The highest BCUT2D eigenvalue weighted by atomic mass is 32.2. The minimum atomic E-state index is -1.31. The largest absolute Gasteiger partial charge is 0.477 e. The monoisotopic (exact) mass is 443 g/mol. The molecule has 0 aromatic carbocycles. The Kier molecular flexibility index (Phi) is 5.91. The molecule has 3 heterocycles. The van der Waals surface area contributed by atoms with Crippen molar-refractivity contribution in [2.75, 3.05) is 18.6 Å². The van der Waals surface area contributed by atoms with E-state index in [4.69, 9.17) is 10.5 Å². The first-order valence-electron chi connectivity index (χ1n) is 8.02. The summed E-state index contributed by atoms with van der Waals surface area (Å²) in [5, 5.41) is 14.2. The summed E-state index contributed by atoms with van der Waals surface area (Å²) >= 11 is 4.03. The van der Waals surface area contributed by atoms with E-state index in [0.29, 0.717) is 0 Å². The van der Waals surface area contributed by atoms with Crippen LogP contribution in [0.5, 0.6) is 0 Å². The number of ether oxygens (including phenoxy) is 1. The highest BCUT2D eigenvalue weighted by Crippen LogP contribution is 2.55. The molecule has 2 aliphatic rings. The van der Waals surface area contributed by atoms with Crippen molar-refractivity contribution < 1.29 is 29.0 Å². The zero-order valence-electron chi connectivity index (χ0n) is 14.7. The molecule has 1 aromatic heterocycles. The fraction of sp³-hybridized carbons (Fsp3) is 0.375. The normalized spacial score (nSPS) is 23.7. The van der Waals surface area contributed by atoms with E-state index in [-0.39, 0.29) is 36.0 Å². The Morgan fingerprint density at radius 1 is 1.50 bits per heavy atom. The third-order valence-electron chi connectivity index (χ3n) is 4.26. The predicted octanol–water partition coefficient (Wildman–Crippen LogP) is 0.815. The second-order valence-electron chi connectivity index (χ2n) is 5.92. The molecule has 2 aliphatic heterocycles. The molecule has 3 rings (SSSR count). The summed E-state index contributed by atoms with van der Waals surface area (Å²) < 4.78 is 3.75. The molecule has 28 heavy (non-hydrogen) atoms. The lowest BCUT2D eigenvalue weighted by Gasteiger charge is -2.57. The standard InChI is InChI=1S/C16H17N3O6S3/c1-26-16-12(18-10(20)5-9-3-2-4-27-9)13(21)19(16)11(14(22)23)8(7-28-16)6-25-15(17)24/h2-4,12H,5-7H2,1H3,(H2,17,24)(H,18,20)(H,22,23). The average molecular weight is 444 g/mol. The Morgan fingerprint density at radius 2 is 2.25 bits per heavy atom. The molecule has 1 saturated heterocycles. The molecule has 0 bridgehead atoms. The number of hydrogen-bond donors (Lipinski definition) is 3. The van der Waals surface area contributed by atoms with Gasteiger partial charge in [0.1, 0.15) is 12.3 Å². The maximum Gasteiger partial charge on any atom is 0.404 e. The minimum Gasteiger partial charge on any atom is -0.477 e. The Bertz CT molecular complexity index is 856. The number of nitrogens with one attached hydrogen (secondary N) is 1. The molecule has 12 heteroatoms. The number of β-lactam (4-membered cyclic amide) rings is 1. The van der Waals surface area contributed by atoms with E-state index < -0.39 is 28.2 Å². The molecule has 9 nitrogen and oxygen atoms in total. The maximum absolute atomic E-state index is 12.8. The minimum absolute atomic E-state index is 0.149. The SMILES string of the molecule is CSC12SCC(COC(N)=O)=C(C(=O)O)N1C(=O)C2NC(=O)Cc1cccs1. The summed E-state index contributed by atoms with van der Waals surface area (Å²) in [5.74, 6) is -1.91. The van der Waals surface area contributed by atoms with Crippen LogP contribution in [0.2, 0.25) is 0 Å². The highest BCUT2D eigenvalue weighted by Gasteiger charge is 2.65. The van der Waals surface area contributed by atoms with Crippen LogP contribution in [0, 0.1) is 0 Å². The van der Waals surface area contributed by atoms with Crippen molar-refractivity contribution in [3.63, 3.8) is 0 Å². The molecule has 2 atom stereocenters. The number of nitrogens with two attached hydrogens (primary N) is 1. The second kappa shape index (κ2) is 8.05. The van der Waals surface area contributed by atoms with Gasteiger partial charge in [-0.1, -0.05) is 6.07 Å². The topological polar surface area (TPSA) is 139 Å². The van der Waals surface area contributed by atoms with Crippen LogP contribution in [-0.4, -0.2) is 62.7 Å². The number of thioether (sulfide) groups is 2. The van der Waals surface area contributed by atoms with Crippen molar-refractivity contribution in [1.82, 2.24) is 10.2 Å². The predicted molar refractivity (Wildman–Crippen MR) is 106 cm³/mol. The molecule has 0 spiro atoms. The third-order valence-corrected chi connectivity index (χ3v) is 8.32. The molecule has 4 N–H and O–H groups in total. The molecular formula is C16H17N3O6S3. The molecule has 1 fully saturated rings. The van der Waals surface area contributed by atoms with Crippen LogP contribution in [0.15, 0.2) is 28.8 Å². The van der Waals surface area contributed by atoms with Crippen molar-refractivity contribution in [2.45, 2.75) is 16.7 Å². The number of carboxylic acid groups (broad SMARTS) is 1. The summed E-state index contributed by atoms with van der Waals surface area (Å²) in [6, 6.07) is 2.81. The van der Waals surface area contributed by atoms with E-state index >= 15 is 0 Å². The summed E-state index contributed by atoms with van der Waals surface area (Å²) in [6.07, 6.45) is 0.864. The number of amides is 3. The Morgan fingerprint density at radius 3 is 2.82 bits per heavy atom. The van der Waals surface area contributed by atoms with Gasteiger partial charge in [0.05, 0.1) is 6.42 Å². The zero-order valence-corrected chi connectivity index (χ0v) is 17.1. The van der Waals surface area contributed by atoms with Crippen LogP contribution in [0.4, 0.5) is 4.79 Å². The molecule has 150 valence electrons. The summed E-state index contributed by atoms with van der Waals surface area (Å²) in [7, 11) is 0. The van der Waals surface area contributed by atoms with Gasteiger partial charge < -0.3 is 20.9 Å². The average Bonchev–Trinajstić information content (AvgIpc) is 3.15. The summed E-state index contributed by atoms with van der Waals surface area (Å²) in [4.78, 5) is 49.8. The van der Waals surface area contributed by atoms with E-state index in [9.17, 15) is 24.3 Å². The summed E-state index contributed by atoms with van der Waals surface area (Å²) in [5.41, 5.74) is 4.99. The first-order chi connectivity index (χ1) is 13.3. The molecule has 0 aliphatic carbocycles. The number of fused-ring (bicyclic) bond motifs is 1. The number of carbonyl (C=O) groups excluding carboxylic acids is 3. The number of nitrogens with zero attached hydrogens (tertiary/aromatic N) is 1. The number of hydrogen-bond acceptors (Lipinski definition) is 8. The van der Waals surface area contributed by atoms with Gasteiger partial charge in [-0.3, -0.25) is 14.5 Å². The number of primary amides is 1. The van der Waals surface area contributed by atoms with E-state index in [1.165, 1.54) is 34.9 Å². The Hall–Kier alpha value is -2.18. The van der Waals surface area contributed by atoms with Crippen molar-refractivity contribution >= 4 is 58.7 Å². The van der Waals surface area contributed by atoms with Crippen molar-refractivity contribution in [2.24, 2.45) is 5.73 Å². The number of carboxylic acids is 1. The van der Waals surface area contributed by atoms with E-state index in [1.54, 1.807) is 6.26 Å². The highest BCUT2D eigenvalue weighted by molar-refractivity contribution is 8.18. The smallest absolute Gasteiger partial charge is 0.404 e. The molecule has 2 unspecified atom stereocenters. The van der Waals surface area contributed by atoms with Crippen LogP contribution in [0.25, 0.3) is 0 Å². The maximum atomic E-state index is 12.8. The first-order valence-corrected chi connectivity index (χ1v) is 11.1. The van der Waals surface area contributed by atoms with Gasteiger partial charge in [-0.05, 0) is 17.7 Å². The number of rotatable bonds is 7. The van der Waals surface area contributed by atoms with Crippen molar-refractivity contribution in [3.05, 3.63) is 33.7 Å². The van der Waals surface area contributed by atoms with Gasteiger partial charge in [0.25, 0.3) is 5.91 Å². The lowest BCUT2D eigenvalue weighted by Crippen LogP contribution is -2.77. The van der Waals surface area contributed by atoms with E-state index in [1.807, 2.05) is 17.5 Å².